The zero-order valence-electron chi connectivity index (χ0n) is 57.2. The first kappa shape index (κ1) is 78.1. The number of likely N-dealkylation sites (tertiary alicyclic amines) is 1. The van der Waals surface area contributed by atoms with Crippen molar-refractivity contribution in [2.24, 2.45) is 35.5 Å². The lowest BCUT2D eigenvalue weighted by molar-refractivity contribution is -0.145. The number of amides is 11. The molecule has 0 radical (unpaired) electrons. The third-order valence-corrected chi connectivity index (χ3v) is 20.7. The van der Waals surface area contributed by atoms with Gasteiger partial charge in [0.1, 0.15) is 17.8 Å². The van der Waals surface area contributed by atoms with Gasteiger partial charge in [-0.1, -0.05) is 80.9 Å². The van der Waals surface area contributed by atoms with E-state index in [2.05, 4.69) is 47.5 Å². The van der Waals surface area contributed by atoms with Gasteiger partial charge in [0, 0.05) is 110 Å². The van der Waals surface area contributed by atoms with E-state index in [9.17, 15) is 78.0 Å². The molecule has 99 heavy (non-hydrogen) atoms. The third-order valence-electron chi connectivity index (χ3n) is 18.2. The Kier molecular flexibility index (Phi) is 27.4. The van der Waals surface area contributed by atoms with Gasteiger partial charge in [-0.2, -0.15) is 0 Å². The van der Waals surface area contributed by atoms with Gasteiger partial charge in [-0.3, -0.25) is 72.0 Å². The average Bonchev–Trinajstić information content (AvgIpc) is 1.68. The molecule has 1 aromatic heterocycles. The lowest BCUT2D eigenvalue weighted by atomic mass is 9.85. The molecule has 29 nitrogen and oxygen atoms in total. The number of rotatable bonds is 20. The molecule has 31 heteroatoms. The number of H-pyrrole nitrogens is 1. The van der Waals surface area contributed by atoms with Crippen molar-refractivity contribution in [2.75, 3.05) is 43.9 Å². The fraction of sp³-hybridized carbons (Fsp3) is 0.588. The van der Waals surface area contributed by atoms with Crippen molar-refractivity contribution in [2.45, 2.75) is 184 Å². The van der Waals surface area contributed by atoms with Gasteiger partial charge in [-0.15, -0.1) is 23.5 Å². The summed E-state index contributed by atoms with van der Waals surface area (Å²) in [6.45, 7) is 12.6. The summed E-state index contributed by atoms with van der Waals surface area (Å²) in [5.41, 5.74) is 1.55. The highest BCUT2D eigenvalue weighted by Crippen LogP contribution is 2.37. The molecule has 540 valence electrons. The SMILES string of the molecule is CC[C@H](C)[C@@H]1NC(=O)CNC(=O)[C@H]2CC(=O)[C@H]([C@@H](C)[C@@H](O)CO)NC(=O)[C@@H]3C[C@@H](O)CN3C(=O)[C@H](CC(=O)NCc3ccc(NC(=O)[C@H](C)CC(=O)[C@@H](NC(=O)CCN4C(=O)CC(SC(C)(C)C)C4=O)C(C)C)cc3)CC(=O)[C@H](CSc3[nH]c4cc(O)ccc4c3C2)NC(=O)CNC1=O. The Hall–Kier alpha value is -8.26. The molecular formula is C68H93N11O18S2. The van der Waals surface area contributed by atoms with E-state index in [-0.39, 0.29) is 72.8 Å². The van der Waals surface area contributed by atoms with Gasteiger partial charge >= 0.3 is 0 Å². The van der Waals surface area contributed by atoms with E-state index < -0.39 is 200 Å². The molecule has 2 saturated heterocycles. The van der Waals surface area contributed by atoms with Crippen molar-refractivity contribution in [3.63, 3.8) is 0 Å². The van der Waals surface area contributed by atoms with Crippen LogP contribution in [-0.4, -0.2) is 208 Å². The number of imide groups is 1. The minimum absolute atomic E-state index is 0.0370. The summed E-state index contributed by atoms with van der Waals surface area (Å²) >= 11 is 2.37. The highest BCUT2D eigenvalue weighted by Gasteiger charge is 2.46. The summed E-state index contributed by atoms with van der Waals surface area (Å²) in [7, 11) is 0. The Labute approximate surface area is 582 Å². The molecule has 0 aliphatic carbocycles. The lowest BCUT2D eigenvalue weighted by Crippen LogP contribution is -2.56. The second-order valence-corrected chi connectivity index (χ2v) is 30.5. The van der Waals surface area contributed by atoms with Crippen molar-refractivity contribution >= 4 is 122 Å². The fourth-order valence-corrected chi connectivity index (χ4v) is 14.8. The normalized spacial score (nSPS) is 24.3. The van der Waals surface area contributed by atoms with Crippen LogP contribution in [0.1, 0.15) is 125 Å². The Morgan fingerprint density at radius 3 is 2.12 bits per heavy atom. The standard InChI is InChI=1S/C68H93N11O18S2/c1-10-34(4)59-64(95)71-28-55(89)73-46-32-98-65-44(43-16-15-41(81)24-45(43)74-65)20-38(62(93)70-29-56(90)76-59)21-50(85)60(36(6)51(86)31-80)77-63(94)47-25-42(82)30-79(47)66(96)39(22-48(46)83)23-54(88)69-27-37-11-13-40(14-12-37)72-61(92)35(5)19-49(84)58(33(2)3)75-53(87)17-18-78-57(91)26-52(67(78)97)99-68(7,8)9/h11-16,24,33-36,38-39,42,46-47,51-52,58-60,74,80-82,86H,10,17-23,25-32H2,1-9H3,(H,69,88)(H,70,93)(H,71,95)(H,72,92)(H,73,89)(H,75,87)(H,76,90)(H,77,94)/t34-,35+,36-,38+,39-,42+,46-,47-,51-,52?,58-,59-,60-/m0/s1. The van der Waals surface area contributed by atoms with Crippen LogP contribution in [-0.2, 0) is 80.1 Å². The van der Waals surface area contributed by atoms with Crippen LogP contribution in [0.2, 0.25) is 0 Å². The van der Waals surface area contributed by atoms with Crippen LogP contribution >= 0.6 is 23.5 Å². The van der Waals surface area contributed by atoms with E-state index in [0.717, 1.165) is 21.6 Å². The molecule has 2 aromatic carbocycles. The molecule has 3 aromatic rings. The number of ketones is 3. The molecule has 0 saturated carbocycles. The molecule has 11 amide bonds. The predicted octanol–water partition coefficient (Wildman–Crippen LogP) is 0.801. The number of aliphatic hydroxyl groups excluding tert-OH is 3. The number of benzene rings is 2. The highest BCUT2D eigenvalue weighted by molar-refractivity contribution is 8.02. The number of Topliss-reactive ketones (excluding diaryl/α,β-unsaturated/α-hetero) is 3. The number of nitrogens with zero attached hydrogens (tertiary/aromatic N) is 2. The van der Waals surface area contributed by atoms with E-state index in [1.54, 1.807) is 65.0 Å². The number of phenols is 1. The molecule has 13 N–H and O–H groups in total. The van der Waals surface area contributed by atoms with Crippen molar-refractivity contribution in [1.82, 2.24) is 52.0 Å². The molecule has 2 bridgehead atoms. The number of aromatic nitrogens is 1. The first-order chi connectivity index (χ1) is 46.6. The second kappa shape index (κ2) is 34.7. The van der Waals surface area contributed by atoms with E-state index >= 15 is 9.59 Å². The van der Waals surface area contributed by atoms with Crippen LogP contribution in [0.5, 0.6) is 5.75 Å². The average molecular weight is 1420 g/mol. The van der Waals surface area contributed by atoms with Crippen LogP contribution in [0.25, 0.3) is 10.9 Å². The molecule has 7 rings (SSSR count). The van der Waals surface area contributed by atoms with Gasteiger partial charge in [0.2, 0.25) is 65.0 Å². The summed E-state index contributed by atoms with van der Waals surface area (Å²) in [5.74, 6) is -16.3. The molecule has 0 spiro atoms. The van der Waals surface area contributed by atoms with Crippen LogP contribution in [0, 0.1) is 35.5 Å². The van der Waals surface area contributed by atoms with Crippen molar-refractivity contribution in [1.29, 1.82) is 0 Å². The molecule has 1 unspecified atom stereocenters. The van der Waals surface area contributed by atoms with Gasteiger partial charge in [0.15, 0.2) is 17.3 Å². The third kappa shape index (κ3) is 21.1. The number of carbonyl (C=O) groups excluding carboxylic acids is 14. The van der Waals surface area contributed by atoms with E-state index in [4.69, 9.17) is 0 Å². The number of thioether (sulfide) groups is 2. The number of carbonyl (C=O) groups is 14. The highest BCUT2D eigenvalue weighted by atomic mass is 32.2. The van der Waals surface area contributed by atoms with Crippen LogP contribution in [0.4, 0.5) is 5.69 Å². The Morgan fingerprint density at radius 1 is 0.788 bits per heavy atom. The van der Waals surface area contributed by atoms with Crippen LogP contribution < -0.4 is 42.5 Å². The van der Waals surface area contributed by atoms with Crippen LogP contribution in [0.15, 0.2) is 47.5 Å². The van der Waals surface area contributed by atoms with Gasteiger partial charge in [0.05, 0.1) is 71.7 Å². The number of hydrogen-bond acceptors (Lipinski definition) is 20. The van der Waals surface area contributed by atoms with E-state index in [1.807, 2.05) is 20.8 Å². The van der Waals surface area contributed by atoms with Gasteiger partial charge in [0.25, 0.3) is 0 Å². The Morgan fingerprint density at radius 2 is 1.46 bits per heavy atom. The fourth-order valence-electron chi connectivity index (χ4n) is 12.4. The number of nitrogens with one attached hydrogen (secondary N) is 9. The maximum absolute atomic E-state index is 15.1. The number of anilines is 1. The zero-order chi connectivity index (χ0) is 72.9. The number of aromatic amines is 1. The topological polar surface area (TPSA) is 438 Å². The summed E-state index contributed by atoms with van der Waals surface area (Å²) in [5, 5.41) is 64.3. The van der Waals surface area contributed by atoms with E-state index in [0.29, 0.717) is 39.2 Å². The van der Waals surface area contributed by atoms with E-state index in [1.165, 1.54) is 30.8 Å². The largest absolute Gasteiger partial charge is 0.508 e. The first-order valence-corrected chi connectivity index (χ1v) is 35.3. The number of fused-ring (bicyclic) bond motifs is 5. The summed E-state index contributed by atoms with van der Waals surface area (Å²) < 4.78 is -0.264. The smallest absolute Gasteiger partial charge is 0.243 e. The summed E-state index contributed by atoms with van der Waals surface area (Å²) in [4.78, 5) is 201. The molecule has 13 atom stereocenters. The minimum Gasteiger partial charge on any atom is -0.508 e. The Bertz CT molecular complexity index is 3560. The monoisotopic (exact) mass is 1420 g/mol. The maximum Gasteiger partial charge on any atom is 0.243 e. The van der Waals surface area contributed by atoms with Gasteiger partial charge in [-0.05, 0) is 53.6 Å². The second-order valence-electron chi connectivity index (χ2n) is 27.5. The number of phenolic OH excluding ortho intramolecular Hbond substituents is 1. The zero-order valence-corrected chi connectivity index (χ0v) is 58.8. The quantitative estimate of drug-likeness (QED) is 0.0696. The first-order valence-electron chi connectivity index (χ1n) is 33.4. The molecular weight excluding hydrogens is 1320 g/mol. The van der Waals surface area contributed by atoms with Crippen LogP contribution in [0.3, 0.4) is 0 Å². The van der Waals surface area contributed by atoms with Crippen molar-refractivity contribution < 1.29 is 87.5 Å². The Balaban J connectivity index is 1.12. The number of hydrogen-bond donors (Lipinski definition) is 13. The van der Waals surface area contributed by atoms with Gasteiger partial charge in [-0.25, -0.2) is 0 Å². The van der Waals surface area contributed by atoms with Crippen molar-refractivity contribution in [3.05, 3.63) is 53.6 Å². The molecule has 4 aliphatic rings. The van der Waals surface area contributed by atoms with Crippen molar-refractivity contribution in [3.8, 4) is 5.75 Å². The maximum atomic E-state index is 15.1. The summed E-state index contributed by atoms with van der Waals surface area (Å²) in [6.07, 6.45) is -5.85. The molecule has 4 aliphatic heterocycles. The summed E-state index contributed by atoms with van der Waals surface area (Å²) in [6, 6.07) is 3.66. The number of aromatic hydroxyl groups is 1. The molecule has 5 heterocycles. The number of aliphatic hydroxyl groups is 3. The van der Waals surface area contributed by atoms with Gasteiger partial charge < -0.3 is 72.8 Å². The lowest BCUT2D eigenvalue weighted by Gasteiger charge is -2.32. The minimum atomic E-state index is -1.67. The predicted molar refractivity (Wildman–Crippen MR) is 364 cm³/mol. The molecule has 2 fully saturated rings.